The second-order valence-electron chi connectivity index (χ2n) is 5.51. The van der Waals surface area contributed by atoms with Gasteiger partial charge in [-0.1, -0.05) is 12.8 Å². The number of nitrogens with one attached hydrogen (secondary N) is 2. The van der Waals surface area contributed by atoms with Crippen molar-refractivity contribution in [3.8, 4) is 0 Å². The molecule has 0 aromatic carbocycles. The van der Waals surface area contributed by atoms with Crippen molar-refractivity contribution in [1.82, 2.24) is 10.6 Å². The quantitative estimate of drug-likeness (QED) is 0.700. The third-order valence-corrected chi connectivity index (χ3v) is 4.00. The molecule has 1 saturated heterocycles. The zero-order valence-electron chi connectivity index (χ0n) is 10.6. The molecule has 2 N–H and O–H groups in total. The fraction of sp³-hybridized carbons (Fsp3) is 1.00. The van der Waals surface area contributed by atoms with Gasteiger partial charge in [-0.25, -0.2) is 0 Å². The van der Waals surface area contributed by atoms with Gasteiger partial charge in [-0.3, -0.25) is 0 Å². The summed E-state index contributed by atoms with van der Waals surface area (Å²) in [5, 5.41) is 7.02. The first-order valence-electron chi connectivity index (χ1n) is 6.86. The van der Waals surface area contributed by atoms with Gasteiger partial charge in [0, 0.05) is 12.1 Å². The largest absolute Gasteiger partial charge is 0.377 e. The Labute approximate surface area is 99.3 Å². The van der Waals surface area contributed by atoms with Crippen LogP contribution in [0.4, 0.5) is 0 Å². The minimum Gasteiger partial charge on any atom is -0.377 e. The molecule has 16 heavy (non-hydrogen) atoms. The molecular weight excluding hydrogens is 200 g/mol. The lowest BCUT2D eigenvalue weighted by molar-refractivity contribution is 0.0321. The maximum atomic E-state index is 5.89. The normalized spacial score (nSPS) is 26.1. The van der Waals surface area contributed by atoms with Crippen molar-refractivity contribution < 1.29 is 4.74 Å². The molecule has 0 atom stereocenters. The van der Waals surface area contributed by atoms with Crippen molar-refractivity contribution in [2.75, 3.05) is 26.2 Å². The predicted octanol–water partition coefficient (Wildman–Crippen LogP) is 1.68. The molecule has 0 amide bonds. The van der Waals surface area contributed by atoms with Crippen LogP contribution in [0.25, 0.3) is 0 Å². The average molecular weight is 226 g/mol. The first-order valence-corrected chi connectivity index (χ1v) is 6.86. The van der Waals surface area contributed by atoms with Crippen molar-refractivity contribution in [2.24, 2.45) is 0 Å². The molecule has 1 saturated carbocycles. The SMILES string of the molecule is CC1(NCCOC2CCNCC2)CCCC1. The summed E-state index contributed by atoms with van der Waals surface area (Å²) in [6.45, 7) is 6.48. The minimum absolute atomic E-state index is 0.400. The molecule has 0 bridgehead atoms. The summed E-state index contributed by atoms with van der Waals surface area (Å²) in [5.41, 5.74) is 0.400. The van der Waals surface area contributed by atoms with E-state index in [1.165, 1.54) is 38.5 Å². The van der Waals surface area contributed by atoms with Crippen LogP contribution in [0.2, 0.25) is 0 Å². The molecule has 0 aromatic rings. The molecule has 1 heterocycles. The molecule has 1 aliphatic carbocycles. The van der Waals surface area contributed by atoms with E-state index >= 15 is 0 Å². The Balaban J connectivity index is 1.54. The lowest BCUT2D eigenvalue weighted by Gasteiger charge is -2.27. The summed E-state index contributed by atoms with van der Waals surface area (Å²) >= 11 is 0. The van der Waals surface area contributed by atoms with E-state index in [0.717, 1.165) is 26.2 Å². The Bertz CT molecular complexity index is 196. The molecule has 2 fully saturated rings. The third-order valence-electron chi connectivity index (χ3n) is 4.00. The summed E-state index contributed by atoms with van der Waals surface area (Å²) in [7, 11) is 0. The zero-order chi connectivity index (χ0) is 11.3. The van der Waals surface area contributed by atoms with E-state index in [1.54, 1.807) is 0 Å². The van der Waals surface area contributed by atoms with Crippen molar-refractivity contribution in [2.45, 2.75) is 57.1 Å². The van der Waals surface area contributed by atoms with Crippen LogP contribution in [0.1, 0.15) is 45.4 Å². The van der Waals surface area contributed by atoms with Crippen molar-refractivity contribution in [3.63, 3.8) is 0 Å². The van der Waals surface area contributed by atoms with Gasteiger partial charge >= 0.3 is 0 Å². The van der Waals surface area contributed by atoms with Crippen LogP contribution in [0.3, 0.4) is 0 Å². The van der Waals surface area contributed by atoms with Gasteiger partial charge in [-0.2, -0.15) is 0 Å². The second kappa shape index (κ2) is 5.99. The molecule has 0 spiro atoms. The number of rotatable bonds is 5. The molecule has 2 rings (SSSR count). The Hall–Kier alpha value is -0.120. The highest BCUT2D eigenvalue weighted by molar-refractivity contribution is 4.87. The van der Waals surface area contributed by atoms with Crippen LogP contribution >= 0.6 is 0 Å². The lowest BCUT2D eigenvalue weighted by Crippen LogP contribution is -2.42. The van der Waals surface area contributed by atoms with Crippen LogP contribution in [-0.4, -0.2) is 37.9 Å². The first-order chi connectivity index (χ1) is 7.79. The second-order valence-corrected chi connectivity index (χ2v) is 5.51. The van der Waals surface area contributed by atoms with Crippen LogP contribution in [0.15, 0.2) is 0 Å². The molecule has 0 radical (unpaired) electrons. The Kier molecular flexibility index (Phi) is 4.62. The van der Waals surface area contributed by atoms with E-state index in [2.05, 4.69) is 17.6 Å². The van der Waals surface area contributed by atoms with E-state index in [0.29, 0.717) is 11.6 Å². The van der Waals surface area contributed by atoms with Gasteiger partial charge in [0.05, 0.1) is 12.7 Å². The van der Waals surface area contributed by atoms with Gasteiger partial charge in [-0.15, -0.1) is 0 Å². The van der Waals surface area contributed by atoms with Gasteiger partial charge in [0.15, 0.2) is 0 Å². The number of hydrogen-bond acceptors (Lipinski definition) is 3. The zero-order valence-corrected chi connectivity index (χ0v) is 10.6. The maximum Gasteiger partial charge on any atom is 0.0600 e. The van der Waals surface area contributed by atoms with Crippen molar-refractivity contribution in [1.29, 1.82) is 0 Å². The molecule has 3 heteroatoms. The molecule has 0 aromatic heterocycles. The fourth-order valence-corrected chi connectivity index (χ4v) is 2.87. The third kappa shape index (κ3) is 3.72. The summed E-state index contributed by atoms with van der Waals surface area (Å²) in [4.78, 5) is 0. The molecule has 0 unspecified atom stereocenters. The summed E-state index contributed by atoms with van der Waals surface area (Å²) in [6.07, 6.45) is 8.30. The smallest absolute Gasteiger partial charge is 0.0600 e. The lowest BCUT2D eigenvalue weighted by atomic mass is 10.0. The molecular formula is C13H26N2O. The van der Waals surface area contributed by atoms with E-state index in [4.69, 9.17) is 4.74 Å². The van der Waals surface area contributed by atoms with Crippen molar-refractivity contribution in [3.05, 3.63) is 0 Å². The number of piperidine rings is 1. The highest BCUT2D eigenvalue weighted by Gasteiger charge is 2.27. The van der Waals surface area contributed by atoms with Gasteiger partial charge in [0.25, 0.3) is 0 Å². The topological polar surface area (TPSA) is 33.3 Å². The van der Waals surface area contributed by atoms with Crippen LogP contribution < -0.4 is 10.6 Å². The predicted molar refractivity (Wildman–Crippen MR) is 66.7 cm³/mol. The number of ether oxygens (including phenoxy) is 1. The highest BCUT2D eigenvalue weighted by atomic mass is 16.5. The van der Waals surface area contributed by atoms with Crippen LogP contribution in [0, 0.1) is 0 Å². The molecule has 1 aliphatic heterocycles. The van der Waals surface area contributed by atoms with Gasteiger partial charge in [-0.05, 0) is 45.7 Å². The van der Waals surface area contributed by atoms with Gasteiger partial charge in [0.2, 0.25) is 0 Å². The van der Waals surface area contributed by atoms with Gasteiger partial charge < -0.3 is 15.4 Å². The molecule has 94 valence electrons. The first kappa shape index (κ1) is 12.3. The summed E-state index contributed by atoms with van der Waals surface area (Å²) in [6, 6.07) is 0. The van der Waals surface area contributed by atoms with Crippen LogP contribution in [0.5, 0.6) is 0 Å². The van der Waals surface area contributed by atoms with E-state index in [1.807, 2.05) is 0 Å². The van der Waals surface area contributed by atoms with Gasteiger partial charge in [0.1, 0.15) is 0 Å². The van der Waals surface area contributed by atoms with E-state index in [9.17, 15) is 0 Å². The number of hydrogen-bond donors (Lipinski definition) is 2. The van der Waals surface area contributed by atoms with E-state index < -0.39 is 0 Å². The maximum absolute atomic E-state index is 5.89. The standard InChI is InChI=1S/C13H26N2O/c1-13(6-2-3-7-13)15-10-11-16-12-4-8-14-9-5-12/h12,14-15H,2-11H2,1H3. The minimum atomic E-state index is 0.400. The summed E-state index contributed by atoms with van der Waals surface area (Å²) < 4.78 is 5.89. The molecule has 3 nitrogen and oxygen atoms in total. The highest BCUT2D eigenvalue weighted by Crippen LogP contribution is 2.28. The summed E-state index contributed by atoms with van der Waals surface area (Å²) in [5.74, 6) is 0. The van der Waals surface area contributed by atoms with Crippen molar-refractivity contribution >= 4 is 0 Å². The molecule has 2 aliphatic rings. The van der Waals surface area contributed by atoms with Crippen LogP contribution in [-0.2, 0) is 4.74 Å². The monoisotopic (exact) mass is 226 g/mol. The fourth-order valence-electron chi connectivity index (χ4n) is 2.87. The Morgan fingerprint density at radius 1 is 1.25 bits per heavy atom. The Morgan fingerprint density at radius 2 is 1.94 bits per heavy atom. The van der Waals surface area contributed by atoms with E-state index in [-0.39, 0.29) is 0 Å². The Morgan fingerprint density at radius 3 is 2.62 bits per heavy atom. The average Bonchev–Trinajstić information content (AvgIpc) is 2.74.